The molecular formula is C11H14ClFN4O2. The molecule has 0 saturated carbocycles. The number of likely N-dealkylation sites (N-methyl/N-ethyl adjacent to an activating group) is 1. The van der Waals surface area contributed by atoms with Crippen molar-refractivity contribution in [1.82, 2.24) is 9.91 Å². The van der Waals surface area contributed by atoms with Crippen molar-refractivity contribution in [3.8, 4) is 0 Å². The molecule has 6 nitrogen and oxygen atoms in total. The zero-order chi connectivity index (χ0) is 14.0. The molecule has 1 aliphatic heterocycles. The van der Waals surface area contributed by atoms with Gasteiger partial charge in [0.2, 0.25) is 0 Å². The molecule has 1 aromatic carbocycles. The Morgan fingerprint density at radius 3 is 2.58 bits per heavy atom. The zero-order valence-electron chi connectivity index (χ0n) is 10.4. The molecule has 1 aromatic rings. The normalized spacial score (nSPS) is 17.4. The highest BCUT2D eigenvalue weighted by Crippen LogP contribution is 2.30. The van der Waals surface area contributed by atoms with Crippen molar-refractivity contribution in [2.75, 3.05) is 38.7 Å². The Hall–Kier alpha value is -1.44. The summed E-state index contributed by atoms with van der Waals surface area (Å²) in [6.45, 7) is 3.10. The molecule has 1 heterocycles. The lowest BCUT2D eigenvalue weighted by Gasteiger charge is -2.32. The van der Waals surface area contributed by atoms with E-state index in [1.165, 1.54) is 0 Å². The third-order valence-corrected chi connectivity index (χ3v) is 3.31. The van der Waals surface area contributed by atoms with Crippen molar-refractivity contribution in [2.45, 2.75) is 0 Å². The first-order valence-corrected chi connectivity index (χ1v) is 6.19. The van der Waals surface area contributed by atoms with E-state index in [2.05, 4.69) is 10.3 Å². The molecular weight excluding hydrogens is 275 g/mol. The summed E-state index contributed by atoms with van der Waals surface area (Å²) in [5, 5.41) is 12.5. The Bertz CT molecular complexity index is 492. The summed E-state index contributed by atoms with van der Waals surface area (Å²) in [6.07, 6.45) is 0. The highest BCUT2D eigenvalue weighted by molar-refractivity contribution is 6.31. The third-order valence-electron chi connectivity index (χ3n) is 3.02. The van der Waals surface area contributed by atoms with Crippen molar-refractivity contribution >= 4 is 23.0 Å². The largest absolute Gasteiger partial charge is 0.313 e. The van der Waals surface area contributed by atoms with Gasteiger partial charge >= 0.3 is 0 Å². The van der Waals surface area contributed by atoms with Crippen LogP contribution >= 0.6 is 11.6 Å². The topological polar surface area (TPSA) is 61.6 Å². The first-order valence-electron chi connectivity index (χ1n) is 5.81. The molecule has 0 bridgehead atoms. The highest BCUT2D eigenvalue weighted by atomic mass is 35.5. The minimum Gasteiger partial charge on any atom is -0.313 e. The lowest BCUT2D eigenvalue weighted by molar-refractivity contribution is -0.384. The summed E-state index contributed by atoms with van der Waals surface area (Å²) in [5.41, 5.74) is 2.78. The van der Waals surface area contributed by atoms with Gasteiger partial charge in [0.05, 0.1) is 9.95 Å². The van der Waals surface area contributed by atoms with Crippen LogP contribution in [0.5, 0.6) is 0 Å². The zero-order valence-corrected chi connectivity index (χ0v) is 11.2. The third kappa shape index (κ3) is 3.31. The van der Waals surface area contributed by atoms with E-state index in [0.717, 1.165) is 25.2 Å². The van der Waals surface area contributed by atoms with Crippen LogP contribution < -0.4 is 5.43 Å². The highest BCUT2D eigenvalue weighted by Gasteiger charge is 2.21. The smallest absolute Gasteiger partial charge is 0.295 e. The maximum absolute atomic E-state index is 13.4. The number of nitrogens with zero attached hydrogens (tertiary/aromatic N) is 3. The Morgan fingerprint density at radius 1 is 1.37 bits per heavy atom. The van der Waals surface area contributed by atoms with Crippen LogP contribution in [0, 0.1) is 15.9 Å². The average molecular weight is 289 g/mol. The van der Waals surface area contributed by atoms with E-state index in [1.54, 1.807) is 0 Å². The number of benzene rings is 1. The van der Waals surface area contributed by atoms with E-state index >= 15 is 0 Å². The Labute approximate surface area is 114 Å². The van der Waals surface area contributed by atoms with Gasteiger partial charge in [-0.15, -0.1) is 0 Å². The Kier molecular flexibility index (Phi) is 4.18. The number of nitro benzene ring substituents is 1. The molecule has 1 saturated heterocycles. The molecule has 8 heteroatoms. The summed E-state index contributed by atoms with van der Waals surface area (Å²) in [6, 6.07) is 2.08. The van der Waals surface area contributed by atoms with Crippen LogP contribution in [0.3, 0.4) is 0 Å². The number of halogens is 2. The molecule has 1 aliphatic rings. The number of anilines is 1. The molecule has 19 heavy (non-hydrogen) atoms. The molecule has 0 aliphatic carbocycles. The van der Waals surface area contributed by atoms with Gasteiger partial charge < -0.3 is 10.3 Å². The number of hydrogen-bond donors (Lipinski definition) is 1. The quantitative estimate of drug-likeness (QED) is 0.680. The van der Waals surface area contributed by atoms with E-state index in [-0.39, 0.29) is 16.4 Å². The number of rotatable bonds is 3. The maximum atomic E-state index is 13.4. The predicted molar refractivity (Wildman–Crippen MR) is 70.8 cm³/mol. The van der Waals surface area contributed by atoms with Crippen LogP contribution in [0.2, 0.25) is 5.02 Å². The van der Waals surface area contributed by atoms with Crippen LogP contribution in [-0.2, 0) is 0 Å². The van der Waals surface area contributed by atoms with Crippen LogP contribution in [0.1, 0.15) is 0 Å². The fourth-order valence-corrected chi connectivity index (χ4v) is 2.02. The second kappa shape index (κ2) is 5.68. The summed E-state index contributed by atoms with van der Waals surface area (Å²) in [5.74, 6) is -0.677. The van der Waals surface area contributed by atoms with E-state index in [0.29, 0.717) is 13.1 Å². The van der Waals surface area contributed by atoms with Crippen LogP contribution in [-0.4, -0.2) is 48.1 Å². The fraction of sp³-hybridized carbons (Fsp3) is 0.455. The fourth-order valence-electron chi connectivity index (χ4n) is 1.87. The van der Waals surface area contributed by atoms with Gasteiger partial charge in [-0.2, -0.15) is 0 Å². The lowest BCUT2D eigenvalue weighted by atomic mass is 10.2. The first kappa shape index (κ1) is 14.0. The van der Waals surface area contributed by atoms with Crippen molar-refractivity contribution in [1.29, 1.82) is 0 Å². The van der Waals surface area contributed by atoms with Gasteiger partial charge in [0.1, 0.15) is 11.5 Å². The second-order valence-corrected chi connectivity index (χ2v) is 4.85. The number of nitro groups is 1. The van der Waals surface area contributed by atoms with Crippen molar-refractivity contribution in [3.05, 3.63) is 33.1 Å². The molecule has 104 valence electrons. The molecule has 0 amide bonds. The van der Waals surface area contributed by atoms with Crippen LogP contribution in [0.15, 0.2) is 12.1 Å². The Balaban J connectivity index is 2.19. The number of hydrogen-bond acceptors (Lipinski definition) is 5. The molecule has 0 aromatic heterocycles. The van der Waals surface area contributed by atoms with E-state index in [9.17, 15) is 14.5 Å². The second-order valence-electron chi connectivity index (χ2n) is 4.44. The van der Waals surface area contributed by atoms with Gasteiger partial charge in [0, 0.05) is 38.3 Å². The summed E-state index contributed by atoms with van der Waals surface area (Å²) in [7, 11) is 2.00. The molecule has 1 fully saturated rings. The van der Waals surface area contributed by atoms with Gasteiger partial charge in [-0.3, -0.25) is 10.1 Å². The van der Waals surface area contributed by atoms with Gasteiger partial charge in [-0.25, -0.2) is 9.40 Å². The van der Waals surface area contributed by atoms with Crippen LogP contribution in [0.25, 0.3) is 0 Å². The van der Waals surface area contributed by atoms with Crippen molar-refractivity contribution < 1.29 is 9.31 Å². The monoisotopic (exact) mass is 288 g/mol. The molecule has 2 rings (SSSR count). The lowest BCUT2D eigenvalue weighted by Crippen LogP contribution is -2.47. The van der Waals surface area contributed by atoms with Gasteiger partial charge in [-0.1, -0.05) is 11.6 Å². The van der Waals surface area contributed by atoms with Crippen molar-refractivity contribution in [2.24, 2.45) is 0 Å². The SMILES string of the molecule is CN1CCN(Nc2cc(F)c(Cl)cc2[N+](=O)[O-])CC1. The molecule has 0 radical (unpaired) electrons. The minimum atomic E-state index is -0.677. The van der Waals surface area contributed by atoms with Gasteiger partial charge in [0.15, 0.2) is 0 Å². The standard InChI is InChI=1S/C11H14ClFN4O2/c1-15-2-4-16(5-3-15)14-10-7-9(13)8(12)6-11(10)17(18)19/h6-7,14H,2-5H2,1H3. The average Bonchev–Trinajstić information content (AvgIpc) is 2.36. The molecule has 0 spiro atoms. The van der Waals surface area contributed by atoms with E-state index in [1.807, 2.05) is 12.1 Å². The van der Waals surface area contributed by atoms with E-state index < -0.39 is 10.7 Å². The molecule has 1 N–H and O–H groups in total. The molecule has 0 unspecified atom stereocenters. The minimum absolute atomic E-state index is 0.122. The predicted octanol–water partition coefficient (Wildman–Crippen LogP) is 1.96. The van der Waals surface area contributed by atoms with E-state index in [4.69, 9.17) is 11.6 Å². The number of piperazine rings is 1. The summed E-state index contributed by atoms with van der Waals surface area (Å²) >= 11 is 5.56. The van der Waals surface area contributed by atoms with Crippen LogP contribution in [0.4, 0.5) is 15.8 Å². The summed E-state index contributed by atoms with van der Waals surface area (Å²) in [4.78, 5) is 12.5. The first-order chi connectivity index (χ1) is 8.97. The maximum Gasteiger partial charge on any atom is 0.295 e. The number of hydrazine groups is 1. The van der Waals surface area contributed by atoms with Gasteiger partial charge in [0.25, 0.3) is 5.69 Å². The Morgan fingerprint density at radius 2 is 2.00 bits per heavy atom. The summed E-state index contributed by atoms with van der Waals surface area (Å²) < 4.78 is 13.4. The van der Waals surface area contributed by atoms with Gasteiger partial charge in [-0.05, 0) is 7.05 Å². The molecule has 0 atom stereocenters. The van der Waals surface area contributed by atoms with Crippen molar-refractivity contribution in [3.63, 3.8) is 0 Å². The number of nitrogens with one attached hydrogen (secondary N) is 1.